The number of benzene rings is 2. The molecule has 0 spiro atoms. The lowest BCUT2D eigenvalue weighted by Crippen LogP contribution is -2.45. The Balaban J connectivity index is 1.56. The number of anilines is 2. The van der Waals surface area contributed by atoms with Crippen LogP contribution in [-0.2, 0) is 0 Å². The Kier molecular flexibility index (Phi) is 3.68. The normalized spacial score (nSPS) is 27.9. The van der Waals surface area contributed by atoms with Crippen molar-refractivity contribution in [2.24, 2.45) is 10.8 Å². The molecule has 2 aromatic carbocycles. The summed E-state index contributed by atoms with van der Waals surface area (Å²) in [4.78, 5) is 20.3. The molecule has 0 N–H and O–H groups in total. The second kappa shape index (κ2) is 5.78. The molecule has 3 aliphatic rings. The van der Waals surface area contributed by atoms with Crippen LogP contribution in [0.1, 0.15) is 40.0 Å². The number of nitrogens with zero attached hydrogens (tertiary/aromatic N) is 2. The molecule has 0 aromatic heterocycles. The van der Waals surface area contributed by atoms with Gasteiger partial charge in [-0.3, -0.25) is 4.90 Å². The molecule has 140 valence electrons. The van der Waals surface area contributed by atoms with Gasteiger partial charge in [0.05, 0.1) is 11.4 Å². The van der Waals surface area contributed by atoms with E-state index in [1.807, 2.05) is 17.0 Å². The van der Waals surface area contributed by atoms with E-state index in [-0.39, 0.29) is 11.4 Å². The van der Waals surface area contributed by atoms with Gasteiger partial charge in [0.15, 0.2) is 0 Å². The Morgan fingerprint density at radius 3 is 2.19 bits per heavy atom. The number of hydrogen-bond acceptors (Lipinski definition) is 2. The largest absolute Gasteiger partial charge is 0.329 e. The van der Waals surface area contributed by atoms with Crippen LogP contribution in [0.5, 0.6) is 0 Å². The van der Waals surface area contributed by atoms with Gasteiger partial charge in [-0.05, 0) is 54.4 Å². The Labute approximate surface area is 165 Å². The number of carbonyl (C=O) groups excluding carboxylic acids is 1. The maximum absolute atomic E-state index is 13.9. The zero-order valence-corrected chi connectivity index (χ0v) is 17.1. The van der Waals surface area contributed by atoms with Gasteiger partial charge in [0.25, 0.3) is 0 Å². The molecule has 0 radical (unpaired) electrons. The fraction of sp³-hybridized carbons (Fsp3) is 0.435. The van der Waals surface area contributed by atoms with Crippen molar-refractivity contribution in [2.45, 2.75) is 55.9 Å². The Morgan fingerprint density at radius 2 is 1.56 bits per heavy atom. The SMILES string of the molecule is CC1(C)CC2CC(C)(CN2C(=O)N2c3ccccc3Sc3ccccc32)C1. The third kappa shape index (κ3) is 2.77. The number of rotatable bonds is 0. The standard InChI is InChI=1S/C23H26N2OS/c1-22(2)12-16-13-23(3,14-22)15-24(16)21(26)25-17-8-4-6-10-19(17)27-20-11-7-5-9-18(20)25/h4-11,16H,12-15H2,1-3H3. The van der Waals surface area contributed by atoms with E-state index in [2.05, 4.69) is 62.1 Å². The maximum atomic E-state index is 13.9. The van der Waals surface area contributed by atoms with Crippen molar-refractivity contribution < 1.29 is 4.79 Å². The lowest BCUT2D eigenvalue weighted by Gasteiger charge is -2.40. The van der Waals surface area contributed by atoms with Crippen LogP contribution in [0.2, 0.25) is 0 Å². The molecule has 2 fully saturated rings. The summed E-state index contributed by atoms with van der Waals surface area (Å²) in [5.74, 6) is 0. The zero-order valence-electron chi connectivity index (χ0n) is 16.2. The van der Waals surface area contributed by atoms with Gasteiger partial charge in [-0.25, -0.2) is 4.79 Å². The van der Waals surface area contributed by atoms with Crippen LogP contribution in [0.3, 0.4) is 0 Å². The molecule has 2 aliphatic heterocycles. The van der Waals surface area contributed by atoms with Crippen LogP contribution in [-0.4, -0.2) is 23.5 Å². The highest BCUT2D eigenvalue weighted by atomic mass is 32.2. The molecule has 3 nitrogen and oxygen atoms in total. The van der Waals surface area contributed by atoms with Crippen LogP contribution < -0.4 is 4.90 Å². The van der Waals surface area contributed by atoms with E-state index in [4.69, 9.17) is 0 Å². The molecule has 1 saturated heterocycles. The van der Waals surface area contributed by atoms with Crippen LogP contribution in [0.15, 0.2) is 58.3 Å². The highest BCUT2D eigenvalue weighted by Gasteiger charge is 2.52. The van der Waals surface area contributed by atoms with Gasteiger partial charge < -0.3 is 4.90 Å². The van der Waals surface area contributed by atoms with Crippen molar-refractivity contribution in [3.63, 3.8) is 0 Å². The van der Waals surface area contributed by atoms with E-state index in [0.717, 1.165) is 40.6 Å². The molecule has 2 bridgehead atoms. The topological polar surface area (TPSA) is 23.6 Å². The van der Waals surface area contributed by atoms with Gasteiger partial charge >= 0.3 is 6.03 Å². The van der Waals surface area contributed by atoms with Crippen LogP contribution in [0.25, 0.3) is 0 Å². The Hall–Kier alpha value is -1.94. The summed E-state index contributed by atoms with van der Waals surface area (Å²) < 4.78 is 0. The summed E-state index contributed by atoms with van der Waals surface area (Å²) in [5.41, 5.74) is 2.57. The first-order valence-corrected chi connectivity index (χ1v) is 10.6. The van der Waals surface area contributed by atoms with Crippen molar-refractivity contribution in [1.29, 1.82) is 0 Å². The molecule has 2 atom stereocenters. The predicted octanol–water partition coefficient (Wildman–Crippen LogP) is 6.31. The van der Waals surface area contributed by atoms with E-state index >= 15 is 0 Å². The van der Waals surface area contributed by atoms with Crippen molar-refractivity contribution in [1.82, 2.24) is 4.90 Å². The van der Waals surface area contributed by atoms with Crippen molar-refractivity contribution in [3.8, 4) is 0 Å². The molecule has 27 heavy (non-hydrogen) atoms. The minimum absolute atomic E-state index is 0.140. The second-order valence-corrected chi connectivity index (χ2v) is 10.6. The lowest BCUT2D eigenvalue weighted by molar-refractivity contribution is 0.130. The van der Waals surface area contributed by atoms with Crippen molar-refractivity contribution in [2.75, 3.05) is 11.4 Å². The number of para-hydroxylation sites is 2. The molecule has 2 amide bonds. The molecule has 1 saturated carbocycles. The summed E-state index contributed by atoms with van der Waals surface area (Å²) in [6.07, 6.45) is 3.43. The van der Waals surface area contributed by atoms with Gasteiger partial charge in [0, 0.05) is 22.4 Å². The summed E-state index contributed by atoms with van der Waals surface area (Å²) in [7, 11) is 0. The average molecular weight is 379 g/mol. The molecule has 2 unspecified atom stereocenters. The third-order valence-corrected chi connectivity index (χ3v) is 7.41. The van der Waals surface area contributed by atoms with Crippen molar-refractivity contribution >= 4 is 29.2 Å². The number of hydrogen-bond donors (Lipinski definition) is 0. The molecular formula is C23H26N2OS. The summed E-state index contributed by atoms with van der Waals surface area (Å²) in [5, 5.41) is 0. The quantitative estimate of drug-likeness (QED) is 0.536. The highest BCUT2D eigenvalue weighted by molar-refractivity contribution is 7.99. The first kappa shape index (κ1) is 17.2. The van der Waals surface area contributed by atoms with Crippen LogP contribution in [0, 0.1) is 10.8 Å². The fourth-order valence-electron chi connectivity index (χ4n) is 5.72. The monoisotopic (exact) mass is 378 g/mol. The first-order valence-electron chi connectivity index (χ1n) is 9.82. The molecule has 4 heteroatoms. The lowest BCUT2D eigenvalue weighted by atomic mass is 9.65. The second-order valence-electron chi connectivity index (χ2n) is 9.50. The van der Waals surface area contributed by atoms with E-state index < -0.39 is 0 Å². The van der Waals surface area contributed by atoms with Gasteiger partial charge in [-0.2, -0.15) is 0 Å². The van der Waals surface area contributed by atoms with E-state index in [9.17, 15) is 4.79 Å². The number of urea groups is 1. The summed E-state index contributed by atoms with van der Waals surface area (Å²) >= 11 is 1.75. The zero-order chi connectivity index (χ0) is 18.8. The predicted molar refractivity (Wildman–Crippen MR) is 111 cm³/mol. The van der Waals surface area contributed by atoms with E-state index in [1.165, 1.54) is 6.42 Å². The van der Waals surface area contributed by atoms with Gasteiger partial charge in [-0.1, -0.05) is 56.8 Å². The van der Waals surface area contributed by atoms with E-state index in [1.54, 1.807) is 11.8 Å². The molecule has 2 heterocycles. The number of amides is 2. The Bertz CT molecular complexity index is 879. The molecule has 2 aromatic rings. The number of fused-ring (bicyclic) bond motifs is 4. The van der Waals surface area contributed by atoms with Gasteiger partial charge in [0.2, 0.25) is 0 Å². The third-order valence-electron chi connectivity index (χ3n) is 6.28. The van der Waals surface area contributed by atoms with Gasteiger partial charge in [-0.15, -0.1) is 0 Å². The average Bonchev–Trinajstić information content (AvgIpc) is 2.87. The molecule has 5 rings (SSSR count). The number of carbonyl (C=O) groups is 1. The molecule has 1 aliphatic carbocycles. The van der Waals surface area contributed by atoms with Crippen molar-refractivity contribution in [3.05, 3.63) is 48.5 Å². The van der Waals surface area contributed by atoms with Crippen LogP contribution >= 0.6 is 11.8 Å². The maximum Gasteiger partial charge on any atom is 0.329 e. The first-order chi connectivity index (χ1) is 12.9. The number of likely N-dealkylation sites (tertiary alicyclic amines) is 1. The minimum Gasteiger partial charge on any atom is -0.320 e. The highest BCUT2D eigenvalue weighted by Crippen LogP contribution is 2.54. The summed E-state index contributed by atoms with van der Waals surface area (Å²) in [6.45, 7) is 7.94. The van der Waals surface area contributed by atoms with Gasteiger partial charge in [0.1, 0.15) is 0 Å². The van der Waals surface area contributed by atoms with Crippen LogP contribution in [0.4, 0.5) is 16.2 Å². The molecular weight excluding hydrogens is 352 g/mol. The summed E-state index contributed by atoms with van der Waals surface area (Å²) in [6, 6.07) is 17.0. The smallest absolute Gasteiger partial charge is 0.320 e. The Morgan fingerprint density at radius 1 is 0.963 bits per heavy atom. The fourth-order valence-corrected chi connectivity index (χ4v) is 6.78. The minimum atomic E-state index is 0.140. The van der Waals surface area contributed by atoms with E-state index in [0.29, 0.717) is 11.5 Å².